The van der Waals surface area contributed by atoms with Gasteiger partial charge >= 0.3 is 5.97 Å². The Hall–Kier alpha value is -4.52. The van der Waals surface area contributed by atoms with Crippen molar-refractivity contribution in [3.8, 4) is 0 Å². The number of amides is 2. The van der Waals surface area contributed by atoms with Crippen LogP contribution in [0.15, 0.2) is 65.9 Å². The fourth-order valence-corrected chi connectivity index (χ4v) is 5.23. The number of β-lactam (4-membered cyclic amide) rings is 1. The number of nitro groups is 2. The molecule has 2 aliphatic rings. The number of carbonyl (C=O) groups excluding carboxylic acids is 2. The van der Waals surface area contributed by atoms with Crippen molar-refractivity contribution >= 4 is 47.0 Å². The molecule has 36 heavy (non-hydrogen) atoms. The van der Waals surface area contributed by atoms with Gasteiger partial charge < -0.3 is 10.4 Å². The number of carboxylic acid groups (broad SMARTS) is 1. The largest absolute Gasteiger partial charge is 0.477 e. The average Bonchev–Trinajstić information content (AvgIpc) is 2.85. The Morgan fingerprint density at radius 3 is 2.47 bits per heavy atom. The quantitative estimate of drug-likeness (QED) is 0.307. The molecule has 2 heterocycles. The van der Waals surface area contributed by atoms with Gasteiger partial charge in [-0.2, -0.15) is 0 Å². The highest BCUT2D eigenvalue weighted by molar-refractivity contribution is 8.00. The molecular formula is C23H18N4O8S. The van der Waals surface area contributed by atoms with Gasteiger partial charge in [0, 0.05) is 11.8 Å². The molecule has 184 valence electrons. The van der Waals surface area contributed by atoms with Gasteiger partial charge in [0.25, 0.3) is 17.3 Å². The summed E-state index contributed by atoms with van der Waals surface area (Å²) in [4.78, 5) is 59.0. The van der Waals surface area contributed by atoms with Crippen LogP contribution >= 0.6 is 11.8 Å². The lowest BCUT2D eigenvalue weighted by molar-refractivity contribution is -0.394. The van der Waals surface area contributed by atoms with E-state index in [0.717, 1.165) is 22.6 Å². The molecule has 2 aliphatic heterocycles. The second kappa shape index (κ2) is 10.00. The summed E-state index contributed by atoms with van der Waals surface area (Å²) in [5.74, 6) is -2.13. The zero-order valence-corrected chi connectivity index (χ0v) is 19.2. The molecule has 4 rings (SSSR count). The minimum absolute atomic E-state index is 0.0379. The van der Waals surface area contributed by atoms with E-state index in [-0.39, 0.29) is 34.9 Å². The molecule has 1 fully saturated rings. The SMILES string of the molecule is O=C(Cc1ccccc1)NC1C(=O)N2C(C(=O)O)=C(C=Cc3ccc([N+](=O)[O-])cc3[N+](=O)[O-])CS[C@@H]12. The predicted molar refractivity (Wildman–Crippen MR) is 129 cm³/mol. The summed E-state index contributed by atoms with van der Waals surface area (Å²) in [6.07, 6.45) is 2.70. The molecule has 0 aromatic heterocycles. The number of benzene rings is 2. The maximum Gasteiger partial charge on any atom is 0.352 e. The molecule has 2 amide bonds. The number of thioether (sulfide) groups is 1. The van der Waals surface area contributed by atoms with Crippen LogP contribution in [0.3, 0.4) is 0 Å². The van der Waals surface area contributed by atoms with E-state index in [0.29, 0.717) is 0 Å². The third kappa shape index (κ3) is 4.81. The summed E-state index contributed by atoms with van der Waals surface area (Å²) in [6, 6.07) is 11.2. The summed E-state index contributed by atoms with van der Waals surface area (Å²) >= 11 is 1.25. The summed E-state index contributed by atoms with van der Waals surface area (Å²) in [5.41, 5.74) is -0.200. The molecule has 1 saturated heterocycles. The highest BCUT2D eigenvalue weighted by atomic mass is 32.2. The van der Waals surface area contributed by atoms with Gasteiger partial charge in [-0.15, -0.1) is 11.8 Å². The van der Waals surface area contributed by atoms with Gasteiger partial charge in [0.05, 0.1) is 27.9 Å². The number of fused-ring (bicyclic) bond motifs is 1. The number of nitrogens with zero attached hydrogens (tertiary/aromatic N) is 3. The molecule has 0 bridgehead atoms. The van der Waals surface area contributed by atoms with E-state index in [1.807, 2.05) is 6.07 Å². The number of nitrogens with one attached hydrogen (secondary N) is 1. The first kappa shape index (κ1) is 24.6. The van der Waals surface area contributed by atoms with E-state index in [9.17, 15) is 39.7 Å². The molecular weight excluding hydrogens is 492 g/mol. The standard InChI is InChI=1S/C23H18N4O8S/c28-18(10-13-4-2-1-3-5-13)24-19-21(29)25-20(23(30)31)15(12-36-22(19)25)7-6-14-8-9-16(26(32)33)11-17(14)27(34)35/h1-9,11,19,22H,10,12H2,(H,24,28)(H,30,31)/t19?,22-/m0/s1. The second-order valence-corrected chi connectivity index (χ2v) is 8.99. The topological polar surface area (TPSA) is 173 Å². The van der Waals surface area contributed by atoms with E-state index < -0.39 is 44.5 Å². The molecule has 1 unspecified atom stereocenters. The number of aliphatic carboxylic acids is 1. The Labute approximate surface area is 207 Å². The minimum atomic E-state index is -1.36. The van der Waals surface area contributed by atoms with Crippen LogP contribution in [0, 0.1) is 20.2 Å². The van der Waals surface area contributed by atoms with Crippen molar-refractivity contribution < 1.29 is 29.3 Å². The van der Waals surface area contributed by atoms with Gasteiger partial charge in [-0.3, -0.25) is 34.7 Å². The number of carboxylic acids is 1. The summed E-state index contributed by atoms with van der Waals surface area (Å²) < 4.78 is 0. The van der Waals surface area contributed by atoms with Crippen molar-refractivity contribution in [3.05, 3.63) is 97.2 Å². The van der Waals surface area contributed by atoms with Crippen LogP contribution in [0.1, 0.15) is 11.1 Å². The first-order valence-electron chi connectivity index (χ1n) is 10.5. The van der Waals surface area contributed by atoms with Crippen molar-refractivity contribution in [1.82, 2.24) is 10.2 Å². The minimum Gasteiger partial charge on any atom is -0.477 e. The normalized spacial score (nSPS) is 19.0. The van der Waals surface area contributed by atoms with Crippen LogP contribution in [0.25, 0.3) is 6.08 Å². The molecule has 13 heteroatoms. The number of allylic oxidation sites excluding steroid dienone is 1. The number of non-ortho nitro benzene ring substituents is 1. The Balaban J connectivity index is 1.54. The number of hydrogen-bond donors (Lipinski definition) is 2. The Morgan fingerprint density at radius 2 is 1.83 bits per heavy atom. The summed E-state index contributed by atoms with van der Waals surface area (Å²) in [5, 5.41) is 34.1. The lowest BCUT2D eigenvalue weighted by atomic mass is 10.0. The van der Waals surface area contributed by atoms with Crippen molar-refractivity contribution in [2.75, 3.05) is 5.75 Å². The van der Waals surface area contributed by atoms with Crippen LogP contribution in [0.5, 0.6) is 0 Å². The van der Waals surface area contributed by atoms with Crippen molar-refractivity contribution in [1.29, 1.82) is 0 Å². The fourth-order valence-electron chi connectivity index (χ4n) is 3.91. The van der Waals surface area contributed by atoms with E-state index >= 15 is 0 Å². The van der Waals surface area contributed by atoms with Gasteiger partial charge in [0.15, 0.2) is 0 Å². The average molecular weight is 510 g/mol. The van der Waals surface area contributed by atoms with Gasteiger partial charge in [0.1, 0.15) is 17.1 Å². The molecule has 0 spiro atoms. The fraction of sp³-hybridized carbons (Fsp3) is 0.174. The molecule has 0 aliphatic carbocycles. The first-order valence-corrected chi connectivity index (χ1v) is 11.6. The van der Waals surface area contributed by atoms with Crippen LogP contribution in [-0.4, -0.2) is 54.8 Å². The number of nitro benzene ring substituents is 2. The molecule has 12 nitrogen and oxygen atoms in total. The van der Waals surface area contributed by atoms with Crippen molar-refractivity contribution in [2.24, 2.45) is 0 Å². The first-order chi connectivity index (χ1) is 17.2. The predicted octanol–water partition coefficient (Wildman–Crippen LogP) is 2.50. The highest BCUT2D eigenvalue weighted by Gasteiger charge is 2.53. The van der Waals surface area contributed by atoms with E-state index in [1.165, 1.54) is 30.0 Å². The van der Waals surface area contributed by atoms with Gasteiger partial charge in [-0.25, -0.2) is 4.79 Å². The number of hydrogen-bond acceptors (Lipinski definition) is 8. The summed E-state index contributed by atoms with van der Waals surface area (Å²) in [6.45, 7) is 0. The van der Waals surface area contributed by atoms with Gasteiger partial charge in [0.2, 0.25) is 5.91 Å². The number of rotatable bonds is 8. The molecule has 0 radical (unpaired) electrons. The molecule has 0 saturated carbocycles. The van der Waals surface area contributed by atoms with Gasteiger partial charge in [-0.05, 0) is 23.3 Å². The van der Waals surface area contributed by atoms with Crippen molar-refractivity contribution in [3.63, 3.8) is 0 Å². The molecule has 2 aromatic carbocycles. The van der Waals surface area contributed by atoms with Crippen LogP contribution in [0.4, 0.5) is 11.4 Å². The molecule has 2 atom stereocenters. The zero-order valence-electron chi connectivity index (χ0n) is 18.4. The maximum atomic E-state index is 12.8. The Bertz CT molecular complexity index is 1340. The number of carbonyl (C=O) groups is 3. The maximum absolute atomic E-state index is 12.8. The lowest BCUT2D eigenvalue weighted by Gasteiger charge is -2.49. The zero-order chi connectivity index (χ0) is 26.0. The van der Waals surface area contributed by atoms with Crippen LogP contribution in [0.2, 0.25) is 0 Å². The van der Waals surface area contributed by atoms with E-state index in [4.69, 9.17) is 0 Å². The highest BCUT2D eigenvalue weighted by Crippen LogP contribution is 2.41. The lowest BCUT2D eigenvalue weighted by Crippen LogP contribution is -2.70. The van der Waals surface area contributed by atoms with Crippen molar-refractivity contribution in [2.45, 2.75) is 17.8 Å². The van der Waals surface area contributed by atoms with Crippen LogP contribution in [-0.2, 0) is 20.8 Å². The third-order valence-electron chi connectivity index (χ3n) is 5.61. The molecule has 2 N–H and O–H groups in total. The monoisotopic (exact) mass is 510 g/mol. The molecule has 2 aromatic rings. The third-order valence-corrected chi connectivity index (χ3v) is 6.91. The van der Waals surface area contributed by atoms with Crippen LogP contribution < -0.4 is 5.32 Å². The smallest absolute Gasteiger partial charge is 0.352 e. The van der Waals surface area contributed by atoms with E-state index in [2.05, 4.69) is 5.32 Å². The van der Waals surface area contributed by atoms with Gasteiger partial charge in [-0.1, -0.05) is 36.4 Å². The summed E-state index contributed by atoms with van der Waals surface area (Å²) in [7, 11) is 0. The van der Waals surface area contributed by atoms with E-state index in [1.54, 1.807) is 24.3 Å². The second-order valence-electron chi connectivity index (χ2n) is 7.89. The Morgan fingerprint density at radius 1 is 1.11 bits per heavy atom. The Kier molecular flexibility index (Phi) is 6.83.